The molecule has 0 aromatic rings. The van der Waals surface area contributed by atoms with Crippen LogP contribution < -0.4 is 0 Å². The zero-order valence-electron chi connectivity index (χ0n) is 7.52. The molecule has 0 rings (SSSR count). The highest BCUT2D eigenvalue weighted by molar-refractivity contribution is 7.80. The normalized spacial score (nSPS) is 13.6. The van der Waals surface area contributed by atoms with Gasteiger partial charge in [-0.3, -0.25) is 0 Å². The van der Waals surface area contributed by atoms with Crippen molar-refractivity contribution in [1.82, 2.24) is 0 Å². The molecule has 0 heterocycles. The predicted octanol–water partition coefficient (Wildman–Crippen LogP) is 2.91. The largest absolute Gasteiger partial charge is 0.166 e. The molecule has 0 aromatic heterocycles. The first kappa shape index (κ1) is 10.7. The number of allylic oxidation sites excluding steroid dienone is 2. The topological polar surface area (TPSA) is 0 Å². The number of hydrogen-bond acceptors (Lipinski definition) is 1. The van der Waals surface area contributed by atoms with Crippen molar-refractivity contribution >= 4 is 12.6 Å². The van der Waals surface area contributed by atoms with Gasteiger partial charge in [-0.1, -0.05) is 30.4 Å². The molecule has 0 fully saturated rings. The molecule has 0 N–H and O–H groups in total. The summed E-state index contributed by atoms with van der Waals surface area (Å²) in [4.78, 5) is 0. The lowest BCUT2D eigenvalue weighted by molar-refractivity contribution is 0.883. The maximum atomic E-state index is 4.02. The molecule has 0 aliphatic rings. The van der Waals surface area contributed by atoms with Gasteiger partial charge in [-0.05, 0) is 20.3 Å². The summed E-state index contributed by atoms with van der Waals surface area (Å²) >= 11 is 4.02. The van der Waals surface area contributed by atoms with Crippen LogP contribution in [0.2, 0.25) is 0 Å². The van der Waals surface area contributed by atoms with Crippen molar-refractivity contribution in [3.8, 4) is 11.8 Å². The van der Waals surface area contributed by atoms with Crippen LogP contribution in [0.25, 0.3) is 0 Å². The van der Waals surface area contributed by atoms with Crippen LogP contribution in [0, 0.1) is 17.8 Å². The quantitative estimate of drug-likeness (QED) is 0.366. The highest BCUT2D eigenvalue weighted by atomic mass is 32.1. The van der Waals surface area contributed by atoms with Gasteiger partial charge < -0.3 is 0 Å². The van der Waals surface area contributed by atoms with E-state index < -0.39 is 0 Å². The Morgan fingerprint density at radius 1 is 1.64 bits per heavy atom. The first-order valence-electron chi connectivity index (χ1n) is 3.98. The molecule has 62 valence electrons. The molecule has 1 unspecified atom stereocenters. The summed E-state index contributed by atoms with van der Waals surface area (Å²) in [6.07, 6.45) is 3.32. The van der Waals surface area contributed by atoms with Crippen molar-refractivity contribution in [1.29, 1.82) is 0 Å². The van der Waals surface area contributed by atoms with E-state index in [0.29, 0.717) is 11.7 Å². The Kier molecular flexibility index (Phi) is 6.16. The molecule has 0 saturated carbocycles. The van der Waals surface area contributed by atoms with Crippen molar-refractivity contribution in [2.75, 3.05) is 5.75 Å². The van der Waals surface area contributed by atoms with Gasteiger partial charge in [0.05, 0.1) is 5.75 Å². The van der Waals surface area contributed by atoms with Crippen LogP contribution in [-0.4, -0.2) is 5.75 Å². The lowest BCUT2D eigenvalue weighted by Gasteiger charge is -2.02. The molecule has 0 bridgehead atoms. The summed E-state index contributed by atoms with van der Waals surface area (Å²) in [6.45, 7) is 6.39. The van der Waals surface area contributed by atoms with Crippen molar-refractivity contribution in [2.45, 2.75) is 27.2 Å². The minimum absolute atomic E-state index is 0.391. The first-order chi connectivity index (χ1) is 5.22. The average molecular weight is 168 g/mol. The predicted molar refractivity (Wildman–Crippen MR) is 54.8 cm³/mol. The van der Waals surface area contributed by atoms with Gasteiger partial charge in [0.15, 0.2) is 0 Å². The zero-order chi connectivity index (χ0) is 8.69. The van der Waals surface area contributed by atoms with E-state index in [-0.39, 0.29) is 0 Å². The standard InChI is InChI=1S/C10H16S/c1-4-6-9(2)10(3)7-5-8-11/h6,10-11H,4,8H2,1-3H3. The third-order valence-corrected chi connectivity index (χ3v) is 1.76. The summed E-state index contributed by atoms with van der Waals surface area (Å²) in [5.41, 5.74) is 1.36. The maximum absolute atomic E-state index is 4.02. The smallest absolute Gasteiger partial charge is 0.0517 e. The molecular formula is C10H16S. The fraction of sp³-hybridized carbons (Fsp3) is 0.600. The SMILES string of the molecule is CCC=C(C)C(C)C#CCS. The highest BCUT2D eigenvalue weighted by Gasteiger charge is 1.96. The van der Waals surface area contributed by atoms with Crippen molar-refractivity contribution in [3.05, 3.63) is 11.6 Å². The minimum atomic E-state index is 0.391. The Hall–Kier alpha value is -0.350. The molecule has 0 aromatic carbocycles. The summed E-state index contributed by atoms with van der Waals surface area (Å²) in [5, 5.41) is 0. The van der Waals surface area contributed by atoms with Crippen molar-refractivity contribution in [2.24, 2.45) is 5.92 Å². The monoisotopic (exact) mass is 168 g/mol. The molecule has 0 spiro atoms. The lowest BCUT2D eigenvalue weighted by atomic mass is 10.0. The van der Waals surface area contributed by atoms with E-state index in [9.17, 15) is 0 Å². The van der Waals surface area contributed by atoms with Crippen molar-refractivity contribution < 1.29 is 0 Å². The second-order valence-corrected chi connectivity index (χ2v) is 2.87. The molecular weight excluding hydrogens is 152 g/mol. The van der Waals surface area contributed by atoms with Gasteiger partial charge in [-0.25, -0.2) is 0 Å². The van der Waals surface area contributed by atoms with Gasteiger partial charge in [0.2, 0.25) is 0 Å². The number of rotatable bonds is 2. The lowest BCUT2D eigenvalue weighted by Crippen LogP contribution is -1.91. The molecule has 0 aliphatic heterocycles. The summed E-state index contributed by atoms with van der Waals surface area (Å²) < 4.78 is 0. The third kappa shape index (κ3) is 4.98. The fourth-order valence-electron chi connectivity index (χ4n) is 0.811. The van der Waals surface area contributed by atoms with E-state index >= 15 is 0 Å². The highest BCUT2D eigenvalue weighted by Crippen LogP contribution is 2.08. The molecule has 0 aliphatic carbocycles. The van der Waals surface area contributed by atoms with E-state index in [4.69, 9.17) is 0 Å². The molecule has 0 nitrogen and oxygen atoms in total. The van der Waals surface area contributed by atoms with Gasteiger partial charge in [0, 0.05) is 5.92 Å². The molecule has 0 saturated heterocycles. The second-order valence-electron chi connectivity index (χ2n) is 2.56. The maximum Gasteiger partial charge on any atom is 0.0517 e. The van der Waals surface area contributed by atoms with E-state index in [2.05, 4.69) is 51.3 Å². The summed E-state index contributed by atoms with van der Waals surface area (Å²) in [6, 6.07) is 0. The van der Waals surface area contributed by atoms with Crippen LogP contribution in [0.1, 0.15) is 27.2 Å². The van der Waals surface area contributed by atoms with Crippen LogP contribution >= 0.6 is 12.6 Å². The van der Waals surface area contributed by atoms with E-state index in [1.165, 1.54) is 5.57 Å². The molecule has 11 heavy (non-hydrogen) atoms. The minimum Gasteiger partial charge on any atom is -0.166 e. The van der Waals surface area contributed by atoms with E-state index in [0.717, 1.165) is 6.42 Å². The van der Waals surface area contributed by atoms with Gasteiger partial charge >= 0.3 is 0 Å². The molecule has 0 radical (unpaired) electrons. The Labute approximate surface area is 75.5 Å². The Morgan fingerprint density at radius 3 is 2.73 bits per heavy atom. The molecule has 0 amide bonds. The van der Waals surface area contributed by atoms with Crippen LogP contribution in [0.3, 0.4) is 0 Å². The average Bonchev–Trinajstić information content (AvgIpc) is 2.00. The number of hydrogen-bond donors (Lipinski definition) is 1. The van der Waals surface area contributed by atoms with Gasteiger partial charge in [-0.2, -0.15) is 12.6 Å². The Bertz CT molecular complexity index is 181. The summed E-state index contributed by atoms with van der Waals surface area (Å²) in [5.74, 6) is 7.13. The first-order valence-corrected chi connectivity index (χ1v) is 4.61. The van der Waals surface area contributed by atoms with E-state index in [1.54, 1.807) is 0 Å². The van der Waals surface area contributed by atoms with Crippen LogP contribution in [0.4, 0.5) is 0 Å². The zero-order valence-corrected chi connectivity index (χ0v) is 8.41. The Morgan fingerprint density at radius 2 is 2.27 bits per heavy atom. The second kappa shape index (κ2) is 6.37. The van der Waals surface area contributed by atoms with Crippen LogP contribution in [0.5, 0.6) is 0 Å². The van der Waals surface area contributed by atoms with E-state index in [1.807, 2.05) is 0 Å². The van der Waals surface area contributed by atoms with Gasteiger partial charge in [0.25, 0.3) is 0 Å². The van der Waals surface area contributed by atoms with Gasteiger partial charge in [0.1, 0.15) is 0 Å². The fourth-order valence-corrected chi connectivity index (χ4v) is 0.903. The van der Waals surface area contributed by atoms with Crippen molar-refractivity contribution in [3.63, 3.8) is 0 Å². The molecule has 1 heteroatoms. The van der Waals surface area contributed by atoms with Gasteiger partial charge in [-0.15, -0.1) is 0 Å². The van der Waals surface area contributed by atoms with Crippen LogP contribution in [0.15, 0.2) is 11.6 Å². The van der Waals surface area contributed by atoms with Crippen LogP contribution in [-0.2, 0) is 0 Å². The molecule has 1 atom stereocenters. The number of thiol groups is 1. The Balaban J connectivity index is 4.02. The third-order valence-electron chi connectivity index (χ3n) is 1.61. The summed E-state index contributed by atoms with van der Waals surface area (Å²) in [7, 11) is 0.